The van der Waals surface area contributed by atoms with Gasteiger partial charge >= 0.3 is 0 Å². The molecule has 0 amide bonds. The lowest BCUT2D eigenvalue weighted by atomic mass is 9.65. The van der Waals surface area contributed by atoms with Crippen LogP contribution in [0.2, 0.25) is 0 Å². The van der Waals surface area contributed by atoms with Crippen molar-refractivity contribution in [3.8, 4) is 0 Å². The Labute approximate surface area is 123 Å². The first-order chi connectivity index (χ1) is 9.55. The van der Waals surface area contributed by atoms with Gasteiger partial charge in [-0.3, -0.25) is 9.97 Å². The average Bonchev–Trinajstić information content (AvgIpc) is 2.46. The van der Waals surface area contributed by atoms with Crippen LogP contribution in [0.25, 0.3) is 0 Å². The van der Waals surface area contributed by atoms with Crippen molar-refractivity contribution >= 4 is 0 Å². The summed E-state index contributed by atoms with van der Waals surface area (Å²) in [4.78, 5) is 8.83. The molecule has 112 valence electrons. The van der Waals surface area contributed by atoms with E-state index in [1.54, 1.807) is 6.20 Å². The molecule has 0 radical (unpaired) electrons. The van der Waals surface area contributed by atoms with Crippen molar-refractivity contribution in [2.45, 2.75) is 64.8 Å². The largest absolute Gasteiger partial charge is 0.314 e. The summed E-state index contributed by atoms with van der Waals surface area (Å²) in [6, 6.07) is 0.607. The zero-order chi connectivity index (χ0) is 14.6. The molecule has 1 N–H and O–H groups in total. The number of hydrogen-bond donors (Lipinski definition) is 1. The Morgan fingerprint density at radius 2 is 2.10 bits per heavy atom. The number of aromatic nitrogens is 2. The zero-order valence-corrected chi connectivity index (χ0v) is 13.4. The molecule has 1 aliphatic rings. The highest BCUT2D eigenvalue weighted by Gasteiger charge is 2.40. The predicted molar refractivity (Wildman–Crippen MR) is 83.6 cm³/mol. The number of rotatable bonds is 5. The normalized spacial score (nSPS) is 27.5. The molecule has 1 fully saturated rings. The molecule has 2 rings (SSSR count). The van der Waals surface area contributed by atoms with Gasteiger partial charge in [0.2, 0.25) is 0 Å². The van der Waals surface area contributed by atoms with Crippen molar-refractivity contribution in [2.75, 3.05) is 6.54 Å². The molecule has 20 heavy (non-hydrogen) atoms. The first-order valence-electron chi connectivity index (χ1n) is 8.05. The fourth-order valence-corrected chi connectivity index (χ4v) is 3.62. The van der Waals surface area contributed by atoms with Crippen LogP contribution in [-0.4, -0.2) is 22.6 Å². The van der Waals surface area contributed by atoms with E-state index in [1.165, 1.54) is 25.7 Å². The minimum absolute atomic E-state index is 0.0831. The molecule has 0 spiro atoms. The molecule has 0 saturated heterocycles. The van der Waals surface area contributed by atoms with Crippen LogP contribution in [0.5, 0.6) is 0 Å². The van der Waals surface area contributed by atoms with E-state index >= 15 is 0 Å². The SMILES string of the molecule is CCCNC1CC(C)CCC1C(C)(C)c1cnccn1. The summed E-state index contributed by atoms with van der Waals surface area (Å²) in [6.07, 6.45) is 10.6. The zero-order valence-electron chi connectivity index (χ0n) is 13.4. The summed E-state index contributed by atoms with van der Waals surface area (Å²) in [5, 5.41) is 3.78. The van der Waals surface area contributed by atoms with E-state index in [-0.39, 0.29) is 5.41 Å². The molecule has 0 bridgehead atoms. The second-order valence-corrected chi connectivity index (χ2v) is 6.90. The second kappa shape index (κ2) is 6.66. The van der Waals surface area contributed by atoms with Gasteiger partial charge in [-0.25, -0.2) is 0 Å². The topological polar surface area (TPSA) is 37.8 Å². The van der Waals surface area contributed by atoms with E-state index < -0.39 is 0 Å². The van der Waals surface area contributed by atoms with Gasteiger partial charge in [0.05, 0.1) is 5.69 Å². The lowest BCUT2D eigenvalue weighted by Crippen LogP contribution is -2.49. The lowest BCUT2D eigenvalue weighted by molar-refractivity contribution is 0.143. The van der Waals surface area contributed by atoms with Gasteiger partial charge in [0.25, 0.3) is 0 Å². The molecule has 3 nitrogen and oxygen atoms in total. The van der Waals surface area contributed by atoms with E-state index in [0.29, 0.717) is 12.0 Å². The first kappa shape index (κ1) is 15.4. The molecule has 1 aromatic heterocycles. The van der Waals surface area contributed by atoms with Gasteiger partial charge < -0.3 is 5.32 Å². The van der Waals surface area contributed by atoms with E-state index in [1.807, 2.05) is 12.4 Å². The minimum Gasteiger partial charge on any atom is -0.314 e. The summed E-state index contributed by atoms with van der Waals surface area (Å²) in [5.41, 5.74) is 1.21. The third-order valence-electron chi connectivity index (χ3n) is 4.92. The maximum Gasteiger partial charge on any atom is 0.0646 e. The molecule has 1 heterocycles. The van der Waals surface area contributed by atoms with Crippen LogP contribution >= 0.6 is 0 Å². The number of nitrogens with one attached hydrogen (secondary N) is 1. The molecule has 1 aromatic rings. The number of nitrogens with zero attached hydrogens (tertiary/aromatic N) is 2. The van der Waals surface area contributed by atoms with Crippen LogP contribution in [0.3, 0.4) is 0 Å². The van der Waals surface area contributed by atoms with Crippen LogP contribution in [0.4, 0.5) is 0 Å². The second-order valence-electron chi connectivity index (χ2n) is 6.90. The van der Waals surface area contributed by atoms with Crippen molar-refractivity contribution in [2.24, 2.45) is 11.8 Å². The van der Waals surface area contributed by atoms with Gasteiger partial charge in [0, 0.05) is 30.0 Å². The van der Waals surface area contributed by atoms with E-state index in [2.05, 4.69) is 43.0 Å². The molecule has 1 saturated carbocycles. The van der Waals surface area contributed by atoms with Crippen LogP contribution < -0.4 is 5.32 Å². The minimum atomic E-state index is 0.0831. The summed E-state index contributed by atoms with van der Waals surface area (Å²) in [7, 11) is 0. The summed E-state index contributed by atoms with van der Waals surface area (Å²) < 4.78 is 0. The lowest BCUT2D eigenvalue weighted by Gasteiger charge is -2.44. The molecule has 3 heteroatoms. The highest BCUT2D eigenvalue weighted by molar-refractivity contribution is 5.14. The molecule has 1 aliphatic carbocycles. The average molecular weight is 275 g/mol. The molecule has 0 aliphatic heterocycles. The Hall–Kier alpha value is -0.960. The van der Waals surface area contributed by atoms with Crippen molar-refractivity contribution in [3.63, 3.8) is 0 Å². The van der Waals surface area contributed by atoms with E-state index in [4.69, 9.17) is 0 Å². The standard InChI is InChI=1S/C17H29N3/c1-5-8-19-15-11-13(2)6-7-14(15)17(3,4)16-12-18-9-10-20-16/h9-10,12-15,19H,5-8,11H2,1-4H3. The van der Waals surface area contributed by atoms with Crippen molar-refractivity contribution in [3.05, 3.63) is 24.3 Å². The van der Waals surface area contributed by atoms with Crippen molar-refractivity contribution < 1.29 is 0 Å². The highest BCUT2D eigenvalue weighted by Crippen LogP contribution is 2.41. The molecule has 3 unspecified atom stereocenters. The molecular weight excluding hydrogens is 246 g/mol. The van der Waals surface area contributed by atoms with Gasteiger partial charge in [-0.2, -0.15) is 0 Å². The van der Waals surface area contributed by atoms with Gasteiger partial charge in [0.1, 0.15) is 0 Å². The first-order valence-corrected chi connectivity index (χ1v) is 8.05. The fraction of sp³-hybridized carbons (Fsp3) is 0.765. The van der Waals surface area contributed by atoms with Gasteiger partial charge in [0.15, 0.2) is 0 Å². The quantitative estimate of drug-likeness (QED) is 0.893. The van der Waals surface area contributed by atoms with Crippen LogP contribution in [0.1, 0.15) is 59.1 Å². The molecular formula is C17H29N3. The Morgan fingerprint density at radius 3 is 2.75 bits per heavy atom. The Kier molecular flexibility index (Phi) is 5.14. The van der Waals surface area contributed by atoms with Crippen LogP contribution in [0.15, 0.2) is 18.6 Å². The molecule has 0 aromatic carbocycles. The van der Waals surface area contributed by atoms with Crippen LogP contribution in [0, 0.1) is 11.8 Å². The Morgan fingerprint density at radius 1 is 1.30 bits per heavy atom. The van der Waals surface area contributed by atoms with E-state index in [9.17, 15) is 0 Å². The third kappa shape index (κ3) is 3.38. The van der Waals surface area contributed by atoms with E-state index in [0.717, 1.165) is 18.2 Å². The predicted octanol–water partition coefficient (Wildman–Crippen LogP) is 3.56. The maximum atomic E-state index is 4.57. The van der Waals surface area contributed by atoms with Gasteiger partial charge in [-0.15, -0.1) is 0 Å². The maximum absolute atomic E-state index is 4.57. The monoisotopic (exact) mass is 275 g/mol. The third-order valence-corrected chi connectivity index (χ3v) is 4.92. The smallest absolute Gasteiger partial charge is 0.0646 e. The summed E-state index contributed by atoms with van der Waals surface area (Å²) >= 11 is 0. The fourth-order valence-electron chi connectivity index (χ4n) is 3.62. The summed E-state index contributed by atoms with van der Waals surface area (Å²) in [5.74, 6) is 1.47. The Balaban J connectivity index is 2.18. The number of hydrogen-bond acceptors (Lipinski definition) is 3. The van der Waals surface area contributed by atoms with Gasteiger partial charge in [-0.05, 0) is 37.6 Å². The van der Waals surface area contributed by atoms with Crippen molar-refractivity contribution in [1.29, 1.82) is 0 Å². The Bertz CT molecular complexity index is 402. The van der Waals surface area contributed by atoms with Crippen LogP contribution in [-0.2, 0) is 5.41 Å². The van der Waals surface area contributed by atoms with Gasteiger partial charge in [-0.1, -0.05) is 34.1 Å². The molecule has 3 atom stereocenters. The summed E-state index contributed by atoms with van der Waals surface area (Å²) in [6.45, 7) is 10.4. The van der Waals surface area contributed by atoms with Crippen molar-refractivity contribution in [1.82, 2.24) is 15.3 Å². The highest BCUT2D eigenvalue weighted by atomic mass is 14.9.